The van der Waals surface area contributed by atoms with Crippen LogP contribution in [0.15, 0.2) is 18.2 Å². The maximum Gasteiger partial charge on any atom is 0.123 e. The Balaban J connectivity index is 2.16. The van der Waals surface area contributed by atoms with Crippen molar-refractivity contribution in [1.29, 1.82) is 0 Å². The maximum absolute atomic E-state index is 13.2. The van der Waals surface area contributed by atoms with E-state index in [0.717, 1.165) is 25.2 Å². The molecule has 4 heteroatoms. The van der Waals surface area contributed by atoms with Crippen molar-refractivity contribution in [2.45, 2.75) is 25.8 Å². The Labute approximate surface area is 107 Å². The number of benzene rings is 1. The van der Waals surface area contributed by atoms with Gasteiger partial charge in [0.1, 0.15) is 10.8 Å². The number of nitrogens with zero attached hydrogens (tertiary/aromatic N) is 1. The fourth-order valence-corrected chi connectivity index (χ4v) is 2.46. The van der Waals surface area contributed by atoms with Crippen molar-refractivity contribution in [1.82, 2.24) is 4.90 Å². The predicted molar refractivity (Wildman–Crippen MR) is 71.4 cm³/mol. The van der Waals surface area contributed by atoms with E-state index in [2.05, 4.69) is 4.90 Å². The highest BCUT2D eigenvalue weighted by molar-refractivity contribution is 7.80. The molecule has 0 atom stereocenters. The molecule has 2 rings (SSSR count). The van der Waals surface area contributed by atoms with Crippen molar-refractivity contribution >= 4 is 17.2 Å². The van der Waals surface area contributed by atoms with Crippen LogP contribution < -0.4 is 5.73 Å². The first-order chi connectivity index (χ1) is 8.16. The monoisotopic (exact) mass is 252 g/mol. The van der Waals surface area contributed by atoms with Gasteiger partial charge in [0.25, 0.3) is 0 Å². The van der Waals surface area contributed by atoms with Crippen LogP contribution in [-0.4, -0.2) is 23.0 Å². The van der Waals surface area contributed by atoms with Gasteiger partial charge in [0, 0.05) is 12.1 Å². The summed E-state index contributed by atoms with van der Waals surface area (Å²) in [7, 11) is 0. The average molecular weight is 252 g/mol. The molecule has 2 N–H and O–H groups in total. The van der Waals surface area contributed by atoms with Crippen LogP contribution in [0.25, 0.3) is 0 Å². The van der Waals surface area contributed by atoms with E-state index in [9.17, 15) is 4.39 Å². The summed E-state index contributed by atoms with van der Waals surface area (Å²) < 4.78 is 13.2. The summed E-state index contributed by atoms with van der Waals surface area (Å²) in [6.07, 6.45) is 3.79. The highest BCUT2D eigenvalue weighted by Gasteiger charge is 2.13. The van der Waals surface area contributed by atoms with Crippen LogP contribution in [0.3, 0.4) is 0 Å². The lowest BCUT2D eigenvalue weighted by atomic mass is 10.0. The number of thiocarbonyl (C=S) groups is 1. The van der Waals surface area contributed by atoms with Gasteiger partial charge in [-0.2, -0.15) is 0 Å². The van der Waals surface area contributed by atoms with Crippen LogP contribution >= 0.6 is 12.2 Å². The molecule has 0 spiro atoms. The van der Waals surface area contributed by atoms with Gasteiger partial charge in [0.15, 0.2) is 0 Å². The van der Waals surface area contributed by atoms with Crippen molar-refractivity contribution in [2.24, 2.45) is 5.73 Å². The fraction of sp³-hybridized carbons (Fsp3) is 0.462. The van der Waals surface area contributed by atoms with E-state index >= 15 is 0 Å². The van der Waals surface area contributed by atoms with Gasteiger partial charge in [-0.3, -0.25) is 4.90 Å². The van der Waals surface area contributed by atoms with Gasteiger partial charge in [-0.05, 0) is 43.6 Å². The number of nitrogens with two attached hydrogens (primary N) is 1. The molecule has 2 nitrogen and oxygen atoms in total. The summed E-state index contributed by atoms with van der Waals surface area (Å²) in [5.74, 6) is -0.282. The SMILES string of the molecule is NC(=S)c1cc(F)ccc1CN1CCCCC1. The van der Waals surface area contributed by atoms with Crippen LogP contribution in [-0.2, 0) is 6.54 Å². The quantitative estimate of drug-likeness (QED) is 0.838. The molecule has 1 fully saturated rings. The second-order valence-corrected chi connectivity index (χ2v) is 4.94. The summed E-state index contributed by atoms with van der Waals surface area (Å²) in [4.78, 5) is 2.65. The molecule has 17 heavy (non-hydrogen) atoms. The van der Waals surface area contributed by atoms with E-state index in [1.54, 1.807) is 6.07 Å². The molecule has 0 bridgehead atoms. The number of likely N-dealkylation sites (tertiary alicyclic amines) is 1. The summed E-state index contributed by atoms with van der Waals surface area (Å²) >= 11 is 4.97. The highest BCUT2D eigenvalue weighted by Crippen LogP contribution is 2.17. The molecule has 92 valence electrons. The molecule has 1 aromatic rings. The van der Waals surface area contributed by atoms with Gasteiger partial charge in [0.05, 0.1) is 0 Å². The lowest BCUT2D eigenvalue weighted by Gasteiger charge is -2.27. The molecule has 1 aromatic carbocycles. The number of halogens is 1. The van der Waals surface area contributed by atoms with Crippen molar-refractivity contribution in [2.75, 3.05) is 13.1 Å². The van der Waals surface area contributed by atoms with E-state index in [0.29, 0.717) is 5.56 Å². The number of hydrogen-bond acceptors (Lipinski definition) is 2. The standard InChI is InChI=1S/C13H17FN2S/c14-11-5-4-10(12(8-11)13(15)17)9-16-6-2-1-3-7-16/h4-5,8H,1-3,6-7,9H2,(H2,15,17). The summed E-state index contributed by atoms with van der Waals surface area (Å²) in [6.45, 7) is 3.02. The lowest BCUT2D eigenvalue weighted by molar-refractivity contribution is 0.221. The third-order valence-corrected chi connectivity index (χ3v) is 3.40. The second-order valence-electron chi connectivity index (χ2n) is 4.50. The second kappa shape index (κ2) is 5.56. The van der Waals surface area contributed by atoms with Gasteiger partial charge in [-0.25, -0.2) is 4.39 Å². The smallest absolute Gasteiger partial charge is 0.123 e. The first-order valence-corrected chi connectivity index (χ1v) is 6.38. The Bertz CT molecular complexity index is 414. The van der Waals surface area contributed by atoms with Crippen LogP contribution in [0.5, 0.6) is 0 Å². The Kier molecular flexibility index (Phi) is 4.07. The molecule has 1 aliphatic rings. The first-order valence-electron chi connectivity index (χ1n) is 5.97. The Hall–Kier alpha value is -1.00. The van der Waals surface area contributed by atoms with E-state index in [1.807, 2.05) is 0 Å². The van der Waals surface area contributed by atoms with Crippen LogP contribution in [0.1, 0.15) is 30.4 Å². The Morgan fingerprint density at radius 3 is 2.65 bits per heavy atom. The molecular formula is C13H17FN2S. The molecule has 0 amide bonds. The molecular weight excluding hydrogens is 235 g/mol. The minimum Gasteiger partial charge on any atom is -0.389 e. The number of hydrogen-bond donors (Lipinski definition) is 1. The molecule has 0 aliphatic carbocycles. The topological polar surface area (TPSA) is 29.3 Å². The van der Waals surface area contributed by atoms with E-state index in [1.165, 1.54) is 31.4 Å². The largest absolute Gasteiger partial charge is 0.389 e. The van der Waals surface area contributed by atoms with E-state index in [-0.39, 0.29) is 10.8 Å². The normalized spacial score (nSPS) is 17.0. The van der Waals surface area contributed by atoms with Crippen molar-refractivity contribution in [3.05, 3.63) is 35.1 Å². The Morgan fingerprint density at radius 1 is 1.29 bits per heavy atom. The minimum atomic E-state index is -0.282. The van der Waals surface area contributed by atoms with Gasteiger partial charge in [-0.15, -0.1) is 0 Å². The van der Waals surface area contributed by atoms with Gasteiger partial charge in [0.2, 0.25) is 0 Å². The zero-order valence-electron chi connectivity index (χ0n) is 9.79. The summed E-state index contributed by atoms with van der Waals surface area (Å²) in [6, 6.07) is 4.70. The molecule has 0 aromatic heterocycles. The Morgan fingerprint density at radius 2 is 2.00 bits per heavy atom. The van der Waals surface area contributed by atoms with Gasteiger partial charge in [-0.1, -0.05) is 24.7 Å². The van der Waals surface area contributed by atoms with Crippen molar-refractivity contribution < 1.29 is 4.39 Å². The number of piperidine rings is 1. The zero-order valence-corrected chi connectivity index (χ0v) is 10.6. The maximum atomic E-state index is 13.2. The average Bonchev–Trinajstić information content (AvgIpc) is 2.32. The fourth-order valence-electron chi connectivity index (χ4n) is 2.27. The molecule has 0 unspecified atom stereocenters. The molecule has 1 saturated heterocycles. The van der Waals surface area contributed by atoms with E-state index < -0.39 is 0 Å². The minimum absolute atomic E-state index is 0.275. The van der Waals surface area contributed by atoms with Crippen LogP contribution in [0, 0.1) is 5.82 Å². The molecule has 0 saturated carbocycles. The third-order valence-electron chi connectivity index (χ3n) is 3.18. The van der Waals surface area contributed by atoms with Crippen molar-refractivity contribution in [3.63, 3.8) is 0 Å². The highest BCUT2D eigenvalue weighted by atomic mass is 32.1. The molecule has 1 aliphatic heterocycles. The van der Waals surface area contributed by atoms with Crippen molar-refractivity contribution in [3.8, 4) is 0 Å². The lowest BCUT2D eigenvalue weighted by Crippen LogP contribution is -2.30. The van der Waals surface area contributed by atoms with Gasteiger partial charge >= 0.3 is 0 Å². The number of rotatable bonds is 3. The molecule has 0 radical (unpaired) electrons. The van der Waals surface area contributed by atoms with E-state index in [4.69, 9.17) is 18.0 Å². The third kappa shape index (κ3) is 3.23. The zero-order chi connectivity index (χ0) is 12.3. The first kappa shape index (κ1) is 12.5. The summed E-state index contributed by atoms with van der Waals surface area (Å²) in [5.41, 5.74) is 7.34. The predicted octanol–water partition coefficient (Wildman–Crippen LogP) is 2.45. The van der Waals surface area contributed by atoms with Crippen LogP contribution in [0.4, 0.5) is 4.39 Å². The van der Waals surface area contributed by atoms with Crippen LogP contribution in [0.2, 0.25) is 0 Å². The summed E-state index contributed by atoms with van der Waals surface area (Å²) in [5, 5.41) is 0. The van der Waals surface area contributed by atoms with Gasteiger partial charge < -0.3 is 5.73 Å². The molecule has 1 heterocycles.